The van der Waals surface area contributed by atoms with Crippen LogP contribution in [0.4, 0.5) is 8.78 Å². The van der Waals surface area contributed by atoms with Crippen molar-refractivity contribution in [3.05, 3.63) is 30.1 Å². The molecule has 0 aliphatic carbocycles. The van der Waals surface area contributed by atoms with E-state index in [-0.39, 0.29) is 19.0 Å². The van der Waals surface area contributed by atoms with Crippen LogP contribution in [0.1, 0.15) is 24.5 Å². The van der Waals surface area contributed by atoms with Crippen LogP contribution in [0.2, 0.25) is 0 Å². The van der Waals surface area contributed by atoms with Crippen molar-refractivity contribution in [2.24, 2.45) is 0 Å². The molecule has 0 aliphatic rings. The quantitative estimate of drug-likeness (QED) is 0.832. The maximum absolute atomic E-state index is 12.6. The molecule has 2 heterocycles. The van der Waals surface area contributed by atoms with Crippen LogP contribution in [0, 0.1) is 0 Å². The molecular formula is C10H13F2N5O. The molecule has 8 heteroatoms. The largest absolute Gasteiger partial charge is 0.396 e. The van der Waals surface area contributed by atoms with Crippen LogP contribution in [0.25, 0.3) is 0 Å². The molecule has 1 N–H and O–H groups in total. The molecule has 18 heavy (non-hydrogen) atoms. The average molecular weight is 257 g/mol. The normalized spacial score (nSPS) is 11.3. The molecule has 0 atom stereocenters. The van der Waals surface area contributed by atoms with E-state index in [9.17, 15) is 8.78 Å². The average Bonchev–Trinajstić information content (AvgIpc) is 2.96. The summed E-state index contributed by atoms with van der Waals surface area (Å²) in [5.74, 6) is 0.226. The number of aryl methyl sites for hydroxylation is 1. The second kappa shape index (κ2) is 5.67. The van der Waals surface area contributed by atoms with Crippen molar-refractivity contribution < 1.29 is 13.9 Å². The van der Waals surface area contributed by atoms with Crippen molar-refractivity contribution in [1.82, 2.24) is 24.5 Å². The number of rotatable bonds is 6. The minimum atomic E-state index is -2.61. The molecular weight excluding hydrogens is 244 g/mol. The number of aromatic nitrogens is 5. The molecule has 0 aliphatic heterocycles. The Morgan fingerprint density at radius 1 is 1.39 bits per heavy atom. The smallest absolute Gasteiger partial charge is 0.319 e. The molecule has 0 saturated heterocycles. The molecule has 6 nitrogen and oxygen atoms in total. The van der Waals surface area contributed by atoms with Crippen LogP contribution in [-0.2, 0) is 13.0 Å². The predicted molar refractivity (Wildman–Crippen MR) is 58.0 cm³/mol. The highest BCUT2D eigenvalue weighted by Gasteiger charge is 2.12. The SMILES string of the molecule is OCCCc1cn(Cc2nccn2C(F)F)nn1. The van der Waals surface area contributed by atoms with Gasteiger partial charge in [-0.15, -0.1) is 5.10 Å². The van der Waals surface area contributed by atoms with E-state index in [1.807, 2.05) is 0 Å². The van der Waals surface area contributed by atoms with Gasteiger partial charge in [-0.2, -0.15) is 8.78 Å². The molecule has 0 fully saturated rings. The van der Waals surface area contributed by atoms with Crippen molar-refractivity contribution in [3.8, 4) is 0 Å². The predicted octanol–water partition coefficient (Wildman–Crippen LogP) is 0.843. The minimum Gasteiger partial charge on any atom is -0.396 e. The summed E-state index contributed by atoms with van der Waals surface area (Å²) in [6, 6.07) is 0. The van der Waals surface area contributed by atoms with Gasteiger partial charge in [0.2, 0.25) is 0 Å². The highest BCUT2D eigenvalue weighted by molar-refractivity contribution is 4.97. The second-order valence-electron chi connectivity index (χ2n) is 3.76. The Hall–Kier alpha value is -1.83. The van der Waals surface area contributed by atoms with Gasteiger partial charge in [-0.3, -0.25) is 4.57 Å². The fourth-order valence-electron chi connectivity index (χ4n) is 1.58. The lowest BCUT2D eigenvalue weighted by Crippen LogP contribution is -2.09. The first kappa shape index (κ1) is 12.6. The Morgan fingerprint density at radius 2 is 2.22 bits per heavy atom. The standard InChI is InChI=1S/C10H13F2N5O/c11-10(12)17-4-3-13-9(17)7-16-6-8(14-15-16)2-1-5-18/h3-4,6,10,18H,1-2,5,7H2. The van der Waals surface area contributed by atoms with E-state index in [0.717, 1.165) is 10.3 Å². The molecule has 0 unspecified atom stereocenters. The van der Waals surface area contributed by atoms with E-state index >= 15 is 0 Å². The fraction of sp³-hybridized carbons (Fsp3) is 0.500. The molecule has 0 aromatic carbocycles. The van der Waals surface area contributed by atoms with Crippen LogP contribution in [0.5, 0.6) is 0 Å². The monoisotopic (exact) mass is 257 g/mol. The Bertz CT molecular complexity index is 496. The first-order chi connectivity index (χ1) is 8.70. The van der Waals surface area contributed by atoms with E-state index < -0.39 is 6.55 Å². The van der Waals surface area contributed by atoms with Crippen molar-refractivity contribution >= 4 is 0 Å². The summed E-state index contributed by atoms with van der Waals surface area (Å²) in [4.78, 5) is 3.86. The molecule has 0 spiro atoms. The summed E-state index contributed by atoms with van der Waals surface area (Å²) in [7, 11) is 0. The van der Waals surface area contributed by atoms with Gasteiger partial charge in [0.05, 0.1) is 5.69 Å². The zero-order valence-electron chi connectivity index (χ0n) is 9.58. The Balaban J connectivity index is 2.04. The summed E-state index contributed by atoms with van der Waals surface area (Å²) >= 11 is 0. The lowest BCUT2D eigenvalue weighted by molar-refractivity contribution is 0.0665. The molecule has 98 valence electrons. The van der Waals surface area contributed by atoms with Gasteiger partial charge in [0.15, 0.2) is 0 Å². The van der Waals surface area contributed by atoms with Crippen molar-refractivity contribution in [3.63, 3.8) is 0 Å². The highest BCUT2D eigenvalue weighted by Crippen LogP contribution is 2.13. The summed E-state index contributed by atoms with van der Waals surface area (Å²) in [6.07, 6.45) is 5.43. The van der Waals surface area contributed by atoms with Gasteiger partial charge in [0.1, 0.15) is 12.4 Å². The Labute approximate surface area is 102 Å². The van der Waals surface area contributed by atoms with Gasteiger partial charge in [-0.05, 0) is 12.8 Å². The second-order valence-corrected chi connectivity index (χ2v) is 3.76. The maximum atomic E-state index is 12.6. The van der Waals surface area contributed by atoms with Crippen LogP contribution >= 0.6 is 0 Å². The molecule has 2 rings (SSSR count). The molecule has 2 aromatic rings. The number of alkyl halides is 2. The van der Waals surface area contributed by atoms with Crippen molar-refractivity contribution in [1.29, 1.82) is 0 Å². The van der Waals surface area contributed by atoms with Crippen LogP contribution in [-0.4, -0.2) is 36.3 Å². The Kier molecular flexibility index (Phi) is 3.98. The van der Waals surface area contributed by atoms with Gasteiger partial charge < -0.3 is 5.11 Å². The maximum Gasteiger partial charge on any atom is 0.319 e. The van der Waals surface area contributed by atoms with E-state index in [1.54, 1.807) is 6.20 Å². The number of hydrogen-bond acceptors (Lipinski definition) is 4. The minimum absolute atomic E-state index is 0.0860. The fourth-order valence-corrected chi connectivity index (χ4v) is 1.58. The molecule has 0 amide bonds. The first-order valence-electron chi connectivity index (χ1n) is 5.50. The summed E-state index contributed by atoms with van der Waals surface area (Å²) < 4.78 is 27.4. The molecule has 0 saturated carbocycles. The Morgan fingerprint density at radius 3 is 2.94 bits per heavy atom. The summed E-state index contributed by atoms with van der Waals surface area (Å²) in [5, 5.41) is 16.4. The van der Waals surface area contributed by atoms with Gasteiger partial charge in [0.25, 0.3) is 0 Å². The number of hydrogen-bond donors (Lipinski definition) is 1. The number of halogens is 2. The van der Waals surface area contributed by atoms with Crippen molar-refractivity contribution in [2.75, 3.05) is 6.61 Å². The third kappa shape index (κ3) is 2.89. The topological polar surface area (TPSA) is 68.8 Å². The van der Waals surface area contributed by atoms with Gasteiger partial charge >= 0.3 is 6.55 Å². The zero-order chi connectivity index (χ0) is 13.0. The summed E-state index contributed by atoms with van der Waals surface area (Å²) in [5.41, 5.74) is 0.721. The zero-order valence-corrected chi connectivity index (χ0v) is 9.58. The van der Waals surface area contributed by atoms with Gasteiger partial charge in [-0.25, -0.2) is 9.67 Å². The lowest BCUT2D eigenvalue weighted by Gasteiger charge is -2.05. The highest BCUT2D eigenvalue weighted by atomic mass is 19.3. The molecule has 0 bridgehead atoms. The van der Waals surface area contributed by atoms with E-state index in [1.165, 1.54) is 17.1 Å². The van der Waals surface area contributed by atoms with E-state index in [0.29, 0.717) is 12.8 Å². The number of aliphatic hydroxyl groups excluding tert-OH is 1. The van der Waals surface area contributed by atoms with E-state index in [4.69, 9.17) is 5.11 Å². The number of nitrogens with zero attached hydrogens (tertiary/aromatic N) is 5. The van der Waals surface area contributed by atoms with Crippen LogP contribution < -0.4 is 0 Å². The molecule has 2 aromatic heterocycles. The van der Waals surface area contributed by atoms with Gasteiger partial charge in [-0.1, -0.05) is 5.21 Å². The number of imidazole rings is 1. The molecule has 0 radical (unpaired) electrons. The van der Waals surface area contributed by atoms with Crippen LogP contribution in [0.15, 0.2) is 18.6 Å². The lowest BCUT2D eigenvalue weighted by atomic mass is 10.3. The number of aliphatic hydroxyl groups is 1. The van der Waals surface area contributed by atoms with Crippen LogP contribution in [0.3, 0.4) is 0 Å². The third-order valence-corrected chi connectivity index (χ3v) is 2.44. The van der Waals surface area contributed by atoms with E-state index in [2.05, 4.69) is 15.3 Å². The van der Waals surface area contributed by atoms with Crippen molar-refractivity contribution in [2.45, 2.75) is 25.9 Å². The first-order valence-corrected chi connectivity index (χ1v) is 5.50. The third-order valence-electron chi connectivity index (χ3n) is 2.44. The van der Waals surface area contributed by atoms with Gasteiger partial charge in [0, 0.05) is 25.2 Å². The summed E-state index contributed by atoms with van der Waals surface area (Å²) in [6.45, 7) is -2.38.